The fraction of sp³-hybridized carbons (Fsp3) is 0.800. The third-order valence-electron chi connectivity index (χ3n) is 6.22. The highest BCUT2D eigenvalue weighted by atomic mass is 16.3. The maximum absolute atomic E-state index is 11.9. The Morgan fingerprint density at radius 2 is 2.00 bits per heavy atom. The number of Topliss-reactive ketones (excluding diaryl/α,β-unsaturated/α-hetero) is 1. The van der Waals surface area contributed by atoms with Crippen molar-refractivity contribution in [3.63, 3.8) is 0 Å². The summed E-state index contributed by atoms with van der Waals surface area (Å²) in [6, 6.07) is 0. The average molecular weight is 250 g/mol. The number of fused-ring (bicyclic) bond motifs is 2. The first-order chi connectivity index (χ1) is 8.50. The number of aliphatic hydroxyl groups excluding tert-OH is 2. The summed E-state index contributed by atoms with van der Waals surface area (Å²) in [7, 11) is 0. The summed E-state index contributed by atoms with van der Waals surface area (Å²) in [5, 5.41) is 19.6. The standard InChI is InChI=1S/C15H22O3/c1-9-11(18)6-10-13-12(9)14(10,2)4-3-5-15(13,7-16)8-17/h10,12-13,16-17H,1,3-8H2,2H3/t10-,12+,13-,14+/m0/s1. The molecule has 4 bridgehead atoms. The molecule has 2 N–H and O–H groups in total. The molecule has 0 radical (unpaired) electrons. The second kappa shape index (κ2) is 3.67. The van der Waals surface area contributed by atoms with Gasteiger partial charge < -0.3 is 10.2 Å². The van der Waals surface area contributed by atoms with Gasteiger partial charge in [-0.2, -0.15) is 0 Å². The number of allylic oxidation sites excluding steroid dienone is 1. The van der Waals surface area contributed by atoms with Crippen LogP contribution < -0.4 is 0 Å². The molecular formula is C15H22O3. The Morgan fingerprint density at radius 1 is 1.33 bits per heavy atom. The van der Waals surface area contributed by atoms with E-state index in [1.165, 1.54) is 0 Å². The average Bonchev–Trinajstić information content (AvgIpc) is 2.57. The quantitative estimate of drug-likeness (QED) is 0.731. The topological polar surface area (TPSA) is 57.5 Å². The predicted molar refractivity (Wildman–Crippen MR) is 67.8 cm³/mol. The molecule has 18 heavy (non-hydrogen) atoms. The molecule has 100 valence electrons. The SMILES string of the molecule is C=C1C(=O)C[C@H]2[C@H]3[C@@H]1[C@]2(C)CCCC3(CO)CO. The van der Waals surface area contributed by atoms with Crippen molar-refractivity contribution in [2.45, 2.75) is 32.6 Å². The summed E-state index contributed by atoms with van der Waals surface area (Å²) in [5.74, 6) is 0.975. The molecule has 0 amide bonds. The van der Waals surface area contributed by atoms with Crippen LogP contribution in [0.5, 0.6) is 0 Å². The van der Waals surface area contributed by atoms with Crippen LogP contribution in [0.4, 0.5) is 0 Å². The van der Waals surface area contributed by atoms with E-state index in [9.17, 15) is 15.0 Å². The van der Waals surface area contributed by atoms with Crippen LogP contribution in [0.25, 0.3) is 0 Å². The van der Waals surface area contributed by atoms with Crippen molar-refractivity contribution in [1.82, 2.24) is 0 Å². The van der Waals surface area contributed by atoms with E-state index in [0.717, 1.165) is 24.8 Å². The zero-order chi connectivity index (χ0) is 13.1. The highest BCUT2D eigenvalue weighted by Crippen LogP contribution is 2.72. The molecule has 3 heteroatoms. The molecule has 0 saturated heterocycles. The van der Waals surface area contributed by atoms with Crippen molar-refractivity contribution < 1.29 is 15.0 Å². The second-order valence-corrected chi connectivity index (χ2v) is 6.80. The van der Waals surface area contributed by atoms with Gasteiger partial charge in [-0.15, -0.1) is 0 Å². The maximum atomic E-state index is 11.9. The van der Waals surface area contributed by atoms with Crippen molar-refractivity contribution in [1.29, 1.82) is 0 Å². The first kappa shape index (κ1) is 12.4. The largest absolute Gasteiger partial charge is 0.396 e. The van der Waals surface area contributed by atoms with Crippen molar-refractivity contribution in [3.8, 4) is 0 Å². The van der Waals surface area contributed by atoms with Gasteiger partial charge in [0, 0.05) is 11.8 Å². The van der Waals surface area contributed by atoms with E-state index < -0.39 is 5.41 Å². The molecular weight excluding hydrogens is 228 g/mol. The molecule has 4 aliphatic rings. The molecule has 4 saturated carbocycles. The Hall–Kier alpha value is -0.670. The number of rotatable bonds is 2. The van der Waals surface area contributed by atoms with Crippen LogP contribution in [0.3, 0.4) is 0 Å². The van der Waals surface area contributed by atoms with Gasteiger partial charge in [0.25, 0.3) is 0 Å². The Bertz CT molecular complexity index is 410. The summed E-state index contributed by atoms with van der Waals surface area (Å²) < 4.78 is 0. The smallest absolute Gasteiger partial charge is 0.158 e. The number of aliphatic hydroxyl groups is 2. The summed E-state index contributed by atoms with van der Waals surface area (Å²) >= 11 is 0. The van der Waals surface area contributed by atoms with Gasteiger partial charge in [0.2, 0.25) is 0 Å². The van der Waals surface area contributed by atoms with Gasteiger partial charge in [-0.05, 0) is 41.6 Å². The normalized spacial score (nSPS) is 45.4. The van der Waals surface area contributed by atoms with Crippen LogP contribution in [0, 0.1) is 28.6 Å². The first-order valence-corrected chi connectivity index (χ1v) is 6.94. The van der Waals surface area contributed by atoms with Gasteiger partial charge in [0.15, 0.2) is 5.78 Å². The minimum atomic E-state index is -0.394. The maximum Gasteiger partial charge on any atom is 0.158 e. The molecule has 3 nitrogen and oxygen atoms in total. The molecule has 0 heterocycles. The molecule has 0 aromatic heterocycles. The molecule has 4 aliphatic carbocycles. The third kappa shape index (κ3) is 1.19. The lowest BCUT2D eigenvalue weighted by Gasteiger charge is -2.66. The van der Waals surface area contributed by atoms with E-state index in [4.69, 9.17) is 0 Å². The van der Waals surface area contributed by atoms with Crippen LogP contribution >= 0.6 is 0 Å². The van der Waals surface area contributed by atoms with Gasteiger partial charge in [-0.1, -0.05) is 19.9 Å². The number of carbonyl (C=O) groups is 1. The highest BCUT2D eigenvalue weighted by molar-refractivity contribution is 5.98. The Kier molecular flexibility index (Phi) is 2.52. The molecule has 4 rings (SSSR count). The van der Waals surface area contributed by atoms with E-state index in [0.29, 0.717) is 12.3 Å². The molecule has 0 aromatic rings. The van der Waals surface area contributed by atoms with Crippen molar-refractivity contribution in [2.24, 2.45) is 28.6 Å². The van der Waals surface area contributed by atoms with Crippen LogP contribution in [0.15, 0.2) is 12.2 Å². The number of ketones is 1. The molecule has 0 spiro atoms. The van der Waals surface area contributed by atoms with E-state index in [1.807, 2.05) is 0 Å². The van der Waals surface area contributed by atoms with Gasteiger partial charge in [0.1, 0.15) is 0 Å². The lowest BCUT2D eigenvalue weighted by molar-refractivity contribution is -0.185. The van der Waals surface area contributed by atoms with Crippen LogP contribution in [-0.2, 0) is 4.79 Å². The lowest BCUT2D eigenvalue weighted by atomic mass is 9.37. The molecule has 0 aliphatic heterocycles. The Morgan fingerprint density at radius 3 is 2.56 bits per heavy atom. The number of hydrogen-bond donors (Lipinski definition) is 2. The van der Waals surface area contributed by atoms with Crippen molar-refractivity contribution in [3.05, 3.63) is 12.2 Å². The van der Waals surface area contributed by atoms with E-state index in [2.05, 4.69) is 13.5 Å². The van der Waals surface area contributed by atoms with Crippen molar-refractivity contribution in [2.75, 3.05) is 13.2 Å². The first-order valence-electron chi connectivity index (χ1n) is 6.94. The zero-order valence-electron chi connectivity index (χ0n) is 11.0. The monoisotopic (exact) mass is 250 g/mol. The lowest BCUT2D eigenvalue weighted by Crippen LogP contribution is -2.65. The highest BCUT2D eigenvalue weighted by Gasteiger charge is 2.69. The van der Waals surface area contributed by atoms with E-state index in [-0.39, 0.29) is 36.2 Å². The molecule has 0 unspecified atom stereocenters. The number of hydrogen-bond acceptors (Lipinski definition) is 3. The molecule has 0 aromatic carbocycles. The van der Waals surface area contributed by atoms with E-state index >= 15 is 0 Å². The summed E-state index contributed by atoms with van der Waals surface area (Å²) in [6.07, 6.45) is 3.56. The third-order valence-corrected chi connectivity index (χ3v) is 6.22. The molecule has 4 atom stereocenters. The van der Waals surface area contributed by atoms with Gasteiger partial charge in [-0.25, -0.2) is 0 Å². The molecule has 4 fully saturated rings. The van der Waals surface area contributed by atoms with Crippen LogP contribution in [0.2, 0.25) is 0 Å². The fourth-order valence-electron chi connectivity index (χ4n) is 5.17. The van der Waals surface area contributed by atoms with Crippen LogP contribution in [-0.4, -0.2) is 29.2 Å². The number of carbonyl (C=O) groups excluding carboxylic acids is 1. The van der Waals surface area contributed by atoms with Gasteiger partial charge in [0.05, 0.1) is 13.2 Å². The Balaban J connectivity index is 2.05. The Labute approximate surface area is 108 Å². The van der Waals surface area contributed by atoms with Crippen molar-refractivity contribution >= 4 is 5.78 Å². The van der Waals surface area contributed by atoms with Crippen LogP contribution in [0.1, 0.15) is 32.6 Å². The van der Waals surface area contributed by atoms with Gasteiger partial charge in [-0.3, -0.25) is 4.79 Å². The summed E-state index contributed by atoms with van der Waals surface area (Å²) in [5.41, 5.74) is 0.537. The predicted octanol–water partition coefficient (Wildman–Crippen LogP) is 1.54. The van der Waals surface area contributed by atoms with Gasteiger partial charge >= 0.3 is 0 Å². The second-order valence-electron chi connectivity index (χ2n) is 6.80. The zero-order valence-corrected chi connectivity index (χ0v) is 11.0. The van der Waals surface area contributed by atoms with E-state index in [1.54, 1.807) is 0 Å². The summed E-state index contributed by atoms with van der Waals surface area (Å²) in [6.45, 7) is 6.32. The summed E-state index contributed by atoms with van der Waals surface area (Å²) in [4.78, 5) is 11.9. The minimum absolute atomic E-state index is 0.0265. The minimum Gasteiger partial charge on any atom is -0.396 e. The fourth-order valence-corrected chi connectivity index (χ4v) is 5.17.